The minimum Gasteiger partial charge on any atom is -0.463 e. The summed E-state index contributed by atoms with van der Waals surface area (Å²) in [6.45, 7) is 20.6. The quantitative estimate of drug-likeness (QED) is 0.103. The molecule has 12 atom stereocenters. The van der Waals surface area contributed by atoms with Crippen molar-refractivity contribution in [3.63, 3.8) is 0 Å². The average Bonchev–Trinajstić information content (AvgIpc) is 3.21. The van der Waals surface area contributed by atoms with Gasteiger partial charge in [0, 0.05) is 13.7 Å². The number of carbonyl (C=O) groups is 6. The molecule has 3 aliphatic heterocycles. The Morgan fingerprint density at radius 1 is 0.726 bits per heavy atom. The highest BCUT2D eigenvalue weighted by Crippen LogP contribution is 2.35. The van der Waals surface area contributed by atoms with E-state index in [0.29, 0.717) is 18.1 Å². The fraction of sp³-hybridized carbons (Fsp3) is 0.875. The number of alkyl carbamates (subject to hydrolysis) is 2. The zero-order valence-electron chi connectivity index (χ0n) is 45.0. The van der Waals surface area contributed by atoms with Gasteiger partial charge in [-0.3, -0.25) is 4.79 Å². The minimum atomic E-state index is -1.87. The molecule has 3 heterocycles. The highest BCUT2D eigenvalue weighted by molar-refractivity contribution is 5.92. The predicted octanol–water partition coefficient (Wildman–Crippen LogP) is 4.50. The molecule has 6 amide bonds. The van der Waals surface area contributed by atoms with Crippen molar-refractivity contribution in [1.82, 2.24) is 25.5 Å². The third-order valence-corrected chi connectivity index (χ3v) is 11.6. The maximum atomic E-state index is 13.8. The highest BCUT2D eigenvalue weighted by atomic mass is 16.8. The van der Waals surface area contributed by atoms with E-state index in [9.17, 15) is 49.2 Å². The zero-order valence-corrected chi connectivity index (χ0v) is 45.0. The summed E-state index contributed by atoms with van der Waals surface area (Å²) >= 11 is 0. The van der Waals surface area contributed by atoms with E-state index in [1.807, 2.05) is 0 Å². The van der Waals surface area contributed by atoms with Crippen LogP contribution in [0.4, 0.5) is 24.0 Å². The van der Waals surface area contributed by atoms with Crippen molar-refractivity contribution < 1.29 is 96.7 Å². The van der Waals surface area contributed by atoms with Crippen molar-refractivity contribution in [3.8, 4) is 0 Å². The molecule has 0 aromatic heterocycles. The Bertz CT molecular complexity index is 1870. The van der Waals surface area contributed by atoms with E-state index in [1.165, 1.54) is 14.0 Å². The summed E-state index contributed by atoms with van der Waals surface area (Å²) in [5.41, 5.74) is -5.73. The number of amides is 6. The lowest BCUT2D eigenvalue weighted by atomic mass is 9.85. The molecule has 4 aliphatic rings. The Morgan fingerprint density at radius 2 is 1.30 bits per heavy atom. The van der Waals surface area contributed by atoms with E-state index in [1.54, 1.807) is 83.1 Å². The molecule has 3 saturated heterocycles. The molecule has 1 aliphatic carbocycles. The molecule has 6 N–H and O–H groups in total. The van der Waals surface area contributed by atoms with E-state index in [-0.39, 0.29) is 38.8 Å². The Labute approximate surface area is 427 Å². The normalized spacial score (nSPS) is 30.2. The van der Waals surface area contributed by atoms with E-state index in [0.717, 1.165) is 22.6 Å². The molecule has 0 aromatic carbocycles. The monoisotopic (exact) mass is 1050 g/mol. The standard InChI is InChI=1S/C48H83N5O20/c1-44(2,3)69-39(57)49-29-19-18-28(25-52(43(62)72-47(10,11)12)32(55)20-22-65-33-17-15-16-21-64-33)67-37(29)68-35-30(50-40(58)70-45(4,5)6)23-27(24-31(35)54)53(41(59)60)73-38-34(56)36(48(13,63)26-66-38)51(14)42(61)71-46(7,8)9/h27-31,33-38,54,56,63H,15-26H2,1-14H3,(H,49,57)(H,50,58)(H,59,60)/t27?,28-,29+,30-,31-,33?,34+,35+,36+,37+,38+,48-/m0/s1. The molecular weight excluding hydrogens is 967 g/mol. The van der Waals surface area contributed by atoms with Gasteiger partial charge in [0.25, 0.3) is 0 Å². The van der Waals surface area contributed by atoms with Crippen LogP contribution in [0.2, 0.25) is 0 Å². The Kier molecular flexibility index (Phi) is 21.0. The maximum Gasteiger partial charge on any atom is 0.431 e. The Morgan fingerprint density at radius 3 is 1.85 bits per heavy atom. The second-order valence-corrected chi connectivity index (χ2v) is 23.2. The number of carboxylic acid groups (broad SMARTS) is 1. The van der Waals surface area contributed by atoms with Gasteiger partial charge in [-0.1, -0.05) is 0 Å². The lowest BCUT2D eigenvalue weighted by Crippen LogP contribution is -2.68. The topological polar surface area (TPSA) is 309 Å². The first-order valence-corrected chi connectivity index (χ1v) is 24.9. The molecule has 0 radical (unpaired) electrons. The van der Waals surface area contributed by atoms with Crippen LogP contribution in [0.3, 0.4) is 0 Å². The number of carbonyl (C=O) groups excluding carboxylic acids is 5. The number of nitrogens with zero attached hydrogens (tertiary/aromatic N) is 3. The summed E-state index contributed by atoms with van der Waals surface area (Å²) < 4.78 is 52.2. The van der Waals surface area contributed by atoms with Gasteiger partial charge >= 0.3 is 30.5 Å². The number of nitrogens with one attached hydrogen (secondary N) is 2. The number of hydroxylamine groups is 2. The van der Waals surface area contributed by atoms with E-state index in [4.69, 9.17) is 47.5 Å². The van der Waals surface area contributed by atoms with Gasteiger partial charge in [0.05, 0.1) is 62.6 Å². The van der Waals surface area contributed by atoms with Gasteiger partial charge in [-0.25, -0.2) is 33.7 Å². The van der Waals surface area contributed by atoms with Gasteiger partial charge in [0.15, 0.2) is 12.6 Å². The molecule has 0 bridgehead atoms. The molecule has 1 saturated carbocycles. The Balaban J connectivity index is 1.64. The fourth-order valence-electron chi connectivity index (χ4n) is 8.64. The third kappa shape index (κ3) is 19.4. The largest absolute Gasteiger partial charge is 0.463 e. The first-order chi connectivity index (χ1) is 33.5. The molecule has 2 unspecified atom stereocenters. The molecule has 0 aromatic rings. The number of rotatable bonds is 14. The van der Waals surface area contributed by atoms with Gasteiger partial charge in [-0.05, 0) is 135 Å². The van der Waals surface area contributed by atoms with E-state index >= 15 is 0 Å². The zero-order chi connectivity index (χ0) is 55.0. The van der Waals surface area contributed by atoms with Gasteiger partial charge in [-0.15, -0.1) is 0 Å². The van der Waals surface area contributed by atoms with Crippen molar-refractivity contribution in [2.24, 2.45) is 0 Å². The predicted molar refractivity (Wildman–Crippen MR) is 255 cm³/mol. The van der Waals surface area contributed by atoms with Gasteiger partial charge in [0.1, 0.15) is 40.2 Å². The smallest absolute Gasteiger partial charge is 0.431 e. The first kappa shape index (κ1) is 61.2. The summed E-state index contributed by atoms with van der Waals surface area (Å²) in [7, 11) is 1.28. The van der Waals surface area contributed by atoms with Crippen LogP contribution < -0.4 is 10.6 Å². The van der Waals surface area contributed by atoms with Crippen molar-refractivity contribution in [2.45, 2.75) is 237 Å². The molecule has 25 nitrogen and oxygen atoms in total. The van der Waals surface area contributed by atoms with Crippen LogP contribution in [0.15, 0.2) is 0 Å². The molecule has 73 heavy (non-hydrogen) atoms. The van der Waals surface area contributed by atoms with Crippen LogP contribution >= 0.6 is 0 Å². The summed E-state index contributed by atoms with van der Waals surface area (Å²) in [4.78, 5) is 88.0. The number of ether oxygens (including phenoxy) is 9. The third-order valence-electron chi connectivity index (χ3n) is 11.6. The molecule has 420 valence electrons. The SMILES string of the molecule is CN(C(=O)OC(C)(C)C)[C@@H]1[C@@H](O)[C@@H](ON(C(=O)O)C2C[C@H](NC(=O)OC(C)(C)C)[C@@H](O[C@H]3O[C@H](CN(C(=O)CCOC4CCCCO4)C(=O)OC(C)(C)C)CC[C@H]3NC(=O)OC(C)(C)C)[C@@H](O)C2)OC[C@]1(C)O. The lowest BCUT2D eigenvalue weighted by Gasteiger charge is -2.49. The summed E-state index contributed by atoms with van der Waals surface area (Å²) in [5, 5.41) is 51.3. The number of hydrogen-bond donors (Lipinski definition) is 6. The van der Waals surface area contributed by atoms with Gasteiger partial charge in [-0.2, -0.15) is 5.06 Å². The summed E-state index contributed by atoms with van der Waals surface area (Å²) in [5.74, 6) is -0.622. The number of hydrogen-bond acceptors (Lipinski definition) is 19. The first-order valence-electron chi connectivity index (χ1n) is 24.9. The van der Waals surface area contributed by atoms with Crippen LogP contribution in [0.1, 0.15) is 141 Å². The van der Waals surface area contributed by atoms with Crippen LogP contribution in [-0.4, -0.2) is 201 Å². The molecular formula is C48H83N5O20. The molecule has 4 fully saturated rings. The Hall–Kier alpha value is -4.34. The van der Waals surface area contributed by atoms with Crippen molar-refractivity contribution >= 4 is 36.4 Å². The molecule has 4 rings (SSSR count). The van der Waals surface area contributed by atoms with Crippen molar-refractivity contribution in [1.29, 1.82) is 0 Å². The second-order valence-electron chi connectivity index (χ2n) is 23.2. The van der Waals surface area contributed by atoms with Gasteiger partial charge < -0.3 is 78.6 Å². The average molecular weight is 1050 g/mol. The fourth-order valence-corrected chi connectivity index (χ4v) is 8.64. The van der Waals surface area contributed by atoms with Crippen LogP contribution in [0, 0.1) is 0 Å². The summed E-state index contributed by atoms with van der Waals surface area (Å²) in [6, 6.07) is -5.01. The number of aliphatic hydroxyl groups is 3. The van der Waals surface area contributed by atoms with Crippen LogP contribution in [0.25, 0.3) is 0 Å². The van der Waals surface area contributed by atoms with E-state index < -0.39 is 145 Å². The highest BCUT2D eigenvalue weighted by Gasteiger charge is 2.53. The summed E-state index contributed by atoms with van der Waals surface area (Å²) in [6.07, 6.45) is -13.1. The van der Waals surface area contributed by atoms with Crippen LogP contribution in [0.5, 0.6) is 0 Å². The van der Waals surface area contributed by atoms with Crippen molar-refractivity contribution in [3.05, 3.63) is 0 Å². The number of likely N-dealkylation sites (N-methyl/N-ethyl adjacent to an activating group) is 1. The minimum absolute atomic E-state index is 0.0405. The molecule has 0 spiro atoms. The maximum absolute atomic E-state index is 13.8. The lowest BCUT2D eigenvalue weighted by molar-refractivity contribution is -0.346. The second kappa shape index (κ2) is 25.0. The number of imide groups is 1. The van der Waals surface area contributed by atoms with Gasteiger partial charge in [0.2, 0.25) is 12.2 Å². The van der Waals surface area contributed by atoms with E-state index in [2.05, 4.69) is 10.6 Å². The molecule has 25 heteroatoms. The van der Waals surface area contributed by atoms with Crippen LogP contribution in [-0.2, 0) is 52.3 Å². The van der Waals surface area contributed by atoms with Crippen molar-refractivity contribution in [2.75, 3.05) is 33.4 Å². The number of aliphatic hydroxyl groups excluding tert-OH is 2.